The van der Waals surface area contributed by atoms with Crippen LogP contribution >= 0.6 is 0 Å². The van der Waals surface area contributed by atoms with E-state index >= 15 is 0 Å². The summed E-state index contributed by atoms with van der Waals surface area (Å²) in [5.41, 5.74) is 0.339. The Kier molecular flexibility index (Phi) is 7.65. The van der Waals surface area contributed by atoms with Gasteiger partial charge in [0.1, 0.15) is 0 Å². The second-order valence-corrected chi connectivity index (χ2v) is 7.84. The summed E-state index contributed by atoms with van der Waals surface area (Å²) in [4.78, 5) is 11.9. The van der Waals surface area contributed by atoms with Gasteiger partial charge in [0.05, 0.1) is 0 Å². The van der Waals surface area contributed by atoms with Crippen molar-refractivity contribution in [2.24, 2.45) is 16.7 Å². The summed E-state index contributed by atoms with van der Waals surface area (Å²) in [7, 11) is 0. The zero-order chi connectivity index (χ0) is 15.1. The Morgan fingerprint density at radius 3 is 2.26 bits per heavy atom. The second kappa shape index (κ2) is 7.88. The molecule has 19 heavy (non-hydrogen) atoms. The molecule has 0 bridgehead atoms. The molecule has 0 aliphatic heterocycles. The summed E-state index contributed by atoms with van der Waals surface area (Å²) in [5.74, 6) is 0.564. The van der Waals surface area contributed by atoms with Crippen LogP contribution in [0.15, 0.2) is 0 Å². The molecular weight excluding hydrogens is 238 g/mol. The zero-order valence-electron chi connectivity index (χ0n) is 13.7. The predicted octanol–water partition coefficient (Wildman–Crippen LogP) is 3.36. The molecule has 0 radical (unpaired) electrons. The number of aliphatic hydroxyl groups excluding tert-OH is 1. The molecular formula is C16H33NO2. The van der Waals surface area contributed by atoms with Crippen LogP contribution in [0.3, 0.4) is 0 Å². The highest BCUT2D eigenvalue weighted by molar-refractivity contribution is 5.76. The average Bonchev–Trinajstić information content (AvgIpc) is 2.21. The molecule has 1 atom stereocenters. The van der Waals surface area contributed by atoms with Crippen LogP contribution in [0.2, 0.25) is 0 Å². The van der Waals surface area contributed by atoms with E-state index in [4.69, 9.17) is 5.11 Å². The molecule has 2 N–H and O–H groups in total. The number of rotatable bonds is 8. The number of hydrogen-bond donors (Lipinski definition) is 2. The monoisotopic (exact) mass is 271 g/mol. The third kappa shape index (κ3) is 11.0. The van der Waals surface area contributed by atoms with Crippen molar-refractivity contribution < 1.29 is 9.90 Å². The summed E-state index contributed by atoms with van der Waals surface area (Å²) in [6.45, 7) is 13.9. The molecule has 0 aromatic carbocycles. The smallest absolute Gasteiger partial charge is 0.220 e. The number of hydrogen-bond acceptors (Lipinski definition) is 2. The minimum Gasteiger partial charge on any atom is -0.396 e. The Morgan fingerprint density at radius 1 is 1.21 bits per heavy atom. The molecule has 0 rings (SSSR count). The van der Waals surface area contributed by atoms with Gasteiger partial charge in [-0.1, -0.05) is 41.5 Å². The molecule has 114 valence electrons. The molecule has 0 spiro atoms. The van der Waals surface area contributed by atoms with Crippen molar-refractivity contribution >= 4 is 5.91 Å². The normalized spacial score (nSPS) is 14.3. The van der Waals surface area contributed by atoms with E-state index in [1.54, 1.807) is 0 Å². The van der Waals surface area contributed by atoms with Gasteiger partial charge in [-0.05, 0) is 36.0 Å². The highest BCUT2D eigenvalue weighted by Crippen LogP contribution is 2.26. The first-order valence-corrected chi connectivity index (χ1v) is 7.43. The quantitative estimate of drug-likeness (QED) is 0.711. The summed E-state index contributed by atoms with van der Waals surface area (Å²) < 4.78 is 0. The maximum absolute atomic E-state index is 11.9. The molecule has 1 amide bonds. The maximum Gasteiger partial charge on any atom is 0.220 e. The molecule has 1 unspecified atom stereocenters. The number of aliphatic hydroxyl groups is 1. The first kappa shape index (κ1) is 18.4. The molecule has 0 heterocycles. The fraction of sp³-hybridized carbons (Fsp3) is 0.938. The minimum atomic E-state index is 0.0612. The summed E-state index contributed by atoms with van der Waals surface area (Å²) in [5, 5.41) is 11.9. The summed E-state index contributed by atoms with van der Waals surface area (Å²) >= 11 is 0. The number of carbonyl (C=O) groups is 1. The number of nitrogens with one attached hydrogen (secondary N) is 1. The van der Waals surface area contributed by atoms with Crippen LogP contribution < -0.4 is 5.32 Å². The van der Waals surface area contributed by atoms with Gasteiger partial charge in [-0.2, -0.15) is 0 Å². The molecule has 3 nitrogen and oxygen atoms in total. The maximum atomic E-state index is 11.9. The molecule has 3 heteroatoms. The Bertz CT molecular complexity index is 266. The van der Waals surface area contributed by atoms with E-state index in [2.05, 4.69) is 46.9 Å². The number of carbonyl (C=O) groups excluding carboxylic acids is 1. The van der Waals surface area contributed by atoms with Gasteiger partial charge < -0.3 is 10.4 Å². The van der Waals surface area contributed by atoms with Gasteiger partial charge in [0, 0.05) is 19.6 Å². The van der Waals surface area contributed by atoms with Crippen molar-refractivity contribution in [2.45, 2.75) is 67.2 Å². The van der Waals surface area contributed by atoms with Crippen molar-refractivity contribution in [1.82, 2.24) is 5.32 Å². The van der Waals surface area contributed by atoms with Gasteiger partial charge in [-0.25, -0.2) is 0 Å². The highest BCUT2D eigenvalue weighted by atomic mass is 16.2. The van der Waals surface area contributed by atoms with Crippen LogP contribution in [0.5, 0.6) is 0 Å². The molecule has 0 aliphatic rings. The topological polar surface area (TPSA) is 49.3 Å². The lowest BCUT2D eigenvalue weighted by Crippen LogP contribution is -2.35. The van der Waals surface area contributed by atoms with E-state index in [1.807, 2.05) is 0 Å². The van der Waals surface area contributed by atoms with Crippen LogP contribution in [0.4, 0.5) is 0 Å². The molecule has 0 saturated heterocycles. The standard InChI is InChI=1S/C16H33NO2/c1-13(11-15(2,3)4)10-14(19)17-12-16(5,6)8-7-9-18/h13,18H,7-12H2,1-6H3,(H,17,19). The van der Waals surface area contributed by atoms with Crippen molar-refractivity contribution in [1.29, 1.82) is 0 Å². The molecule has 0 saturated carbocycles. The fourth-order valence-corrected chi connectivity index (χ4v) is 2.49. The Labute approximate surface area is 119 Å². The van der Waals surface area contributed by atoms with Gasteiger partial charge >= 0.3 is 0 Å². The molecule has 0 fully saturated rings. The molecule has 0 aromatic rings. The van der Waals surface area contributed by atoms with Gasteiger partial charge in [0.15, 0.2) is 0 Å². The van der Waals surface area contributed by atoms with Gasteiger partial charge in [-0.3, -0.25) is 4.79 Å². The average molecular weight is 271 g/mol. The van der Waals surface area contributed by atoms with Crippen molar-refractivity contribution in [3.8, 4) is 0 Å². The van der Waals surface area contributed by atoms with E-state index in [9.17, 15) is 4.79 Å². The van der Waals surface area contributed by atoms with Crippen molar-refractivity contribution in [3.05, 3.63) is 0 Å². The van der Waals surface area contributed by atoms with Crippen LogP contribution in [-0.4, -0.2) is 24.2 Å². The third-order valence-corrected chi connectivity index (χ3v) is 3.27. The van der Waals surface area contributed by atoms with E-state index in [0.717, 1.165) is 19.3 Å². The van der Waals surface area contributed by atoms with E-state index in [-0.39, 0.29) is 23.3 Å². The van der Waals surface area contributed by atoms with Crippen LogP contribution in [0, 0.1) is 16.7 Å². The van der Waals surface area contributed by atoms with Crippen molar-refractivity contribution in [2.75, 3.05) is 13.2 Å². The van der Waals surface area contributed by atoms with Crippen LogP contribution in [0.25, 0.3) is 0 Å². The lowest BCUT2D eigenvalue weighted by molar-refractivity contribution is -0.122. The third-order valence-electron chi connectivity index (χ3n) is 3.27. The minimum absolute atomic E-state index is 0.0612. The summed E-state index contributed by atoms with van der Waals surface area (Å²) in [6.07, 6.45) is 3.40. The van der Waals surface area contributed by atoms with Gasteiger partial charge in [-0.15, -0.1) is 0 Å². The first-order valence-electron chi connectivity index (χ1n) is 7.43. The lowest BCUT2D eigenvalue weighted by Gasteiger charge is -2.26. The summed E-state index contributed by atoms with van der Waals surface area (Å²) in [6, 6.07) is 0. The van der Waals surface area contributed by atoms with E-state index < -0.39 is 0 Å². The largest absolute Gasteiger partial charge is 0.396 e. The highest BCUT2D eigenvalue weighted by Gasteiger charge is 2.20. The first-order chi connectivity index (χ1) is 8.56. The second-order valence-electron chi connectivity index (χ2n) is 7.84. The molecule has 0 aliphatic carbocycles. The SMILES string of the molecule is CC(CC(=O)NCC(C)(C)CCCO)CC(C)(C)C. The van der Waals surface area contributed by atoms with Gasteiger partial charge in [0.25, 0.3) is 0 Å². The van der Waals surface area contributed by atoms with E-state index in [0.29, 0.717) is 18.9 Å². The Morgan fingerprint density at radius 2 is 1.79 bits per heavy atom. The Balaban J connectivity index is 3.98. The van der Waals surface area contributed by atoms with Crippen molar-refractivity contribution in [3.63, 3.8) is 0 Å². The van der Waals surface area contributed by atoms with Gasteiger partial charge in [0.2, 0.25) is 5.91 Å². The predicted molar refractivity (Wildman–Crippen MR) is 81.0 cm³/mol. The van der Waals surface area contributed by atoms with Crippen LogP contribution in [-0.2, 0) is 4.79 Å². The Hall–Kier alpha value is -0.570. The fourth-order valence-electron chi connectivity index (χ4n) is 2.49. The lowest BCUT2D eigenvalue weighted by atomic mass is 9.84. The van der Waals surface area contributed by atoms with Crippen LogP contribution in [0.1, 0.15) is 67.2 Å². The zero-order valence-corrected chi connectivity index (χ0v) is 13.7. The number of amides is 1. The van der Waals surface area contributed by atoms with E-state index in [1.165, 1.54) is 0 Å². The molecule has 0 aromatic heterocycles.